The first kappa shape index (κ1) is 18.4. The second kappa shape index (κ2) is 8.12. The van der Waals surface area contributed by atoms with Crippen molar-refractivity contribution >= 4 is 69.2 Å². The highest BCUT2D eigenvalue weighted by Gasteiger charge is 2.11. The van der Waals surface area contributed by atoms with Crippen molar-refractivity contribution in [2.24, 2.45) is 0 Å². The molecule has 0 saturated heterocycles. The summed E-state index contributed by atoms with van der Waals surface area (Å²) in [4.78, 5) is 7.20. The second-order valence-corrected chi connectivity index (χ2v) is 13.6. The maximum absolute atomic E-state index is 6.06. The number of nitrogens with zero attached hydrogens (tertiary/aromatic N) is 1. The van der Waals surface area contributed by atoms with E-state index in [1.54, 1.807) is 13.3 Å². The van der Waals surface area contributed by atoms with Crippen molar-refractivity contribution in [3.05, 3.63) is 25.5 Å². The zero-order valence-electron chi connectivity index (χ0n) is 12.1. The largest absolute Gasteiger partial charge is 0.385 e. The van der Waals surface area contributed by atoms with Crippen LogP contribution in [0.25, 0.3) is 11.0 Å². The summed E-state index contributed by atoms with van der Waals surface area (Å²) in [5, 5.41) is 1.69. The van der Waals surface area contributed by atoms with Crippen molar-refractivity contribution < 1.29 is 4.74 Å². The average Bonchev–Trinajstić information content (AvgIpc) is 2.74. The zero-order valence-corrected chi connectivity index (χ0v) is 17.6. The van der Waals surface area contributed by atoms with E-state index in [1.165, 1.54) is 6.04 Å². The highest BCUT2D eigenvalue weighted by atomic mass is 127. The molecular formula is C13H19BrClIN2OSi. The van der Waals surface area contributed by atoms with E-state index >= 15 is 0 Å². The van der Waals surface area contributed by atoms with Crippen molar-refractivity contribution in [3.63, 3.8) is 0 Å². The topological polar surface area (TPSA) is 37.9 Å². The Labute approximate surface area is 148 Å². The standard InChI is InChI=1S/C7H3BrClIN2.C6H16OSi/c8-3-1-11-7-5(6(3)9)4(10)2-12-7;1-7-5-6-8(2,3)4/h1-2H,(H,11,12);5-6H2,1-4H3. The second-order valence-electron chi connectivity index (χ2n) is 5.58. The molecule has 0 spiro atoms. The summed E-state index contributed by atoms with van der Waals surface area (Å²) in [6.07, 6.45) is 3.58. The molecule has 3 nitrogen and oxygen atoms in total. The lowest BCUT2D eigenvalue weighted by Crippen LogP contribution is -2.21. The van der Waals surface area contributed by atoms with Gasteiger partial charge in [0.05, 0.1) is 14.9 Å². The van der Waals surface area contributed by atoms with Gasteiger partial charge >= 0.3 is 0 Å². The van der Waals surface area contributed by atoms with Gasteiger partial charge in [-0.1, -0.05) is 31.2 Å². The first-order valence-corrected chi connectivity index (χ1v) is 12.2. The number of fused-ring (bicyclic) bond motifs is 1. The number of hydrogen-bond donors (Lipinski definition) is 1. The van der Waals surface area contributed by atoms with Crippen molar-refractivity contribution in [2.45, 2.75) is 25.7 Å². The SMILES string of the molecule is COCC[Si](C)(C)C.Clc1c(Br)cnc2[nH]cc(I)c12. The Hall–Kier alpha value is 0.367. The quantitative estimate of drug-likeness (QED) is 0.453. The summed E-state index contributed by atoms with van der Waals surface area (Å²) < 4.78 is 6.87. The third-order valence-electron chi connectivity index (χ3n) is 2.60. The van der Waals surface area contributed by atoms with Crippen LogP contribution in [-0.4, -0.2) is 31.8 Å². The Morgan fingerprint density at radius 3 is 2.60 bits per heavy atom. The molecule has 2 rings (SSSR count). The minimum Gasteiger partial charge on any atom is -0.385 e. The number of H-pyrrole nitrogens is 1. The van der Waals surface area contributed by atoms with Crippen LogP contribution in [0.15, 0.2) is 16.9 Å². The summed E-state index contributed by atoms with van der Waals surface area (Å²) in [7, 11) is 0.961. The molecule has 0 amide bonds. The van der Waals surface area contributed by atoms with Crippen LogP contribution < -0.4 is 0 Å². The molecule has 0 bridgehead atoms. The van der Waals surface area contributed by atoms with Gasteiger partial charge in [-0.3, -0.25) is 0 Å². The van der Waals surface area contributed by atoms with Gasteiger partial charge < -0.3 is 9.72 Å². The van der Waals surface area contributed by atoms with Crippen LogP contribution in [0.3, 0.4) is 0 Å². The number of pyridine rings is 1. The van der Waals surface area contributed by atoms with E-state index in [0.717, 1.165) is 25.7 Å². The van der Waals surface area contributed by atoms with Crippen LogP contribution in [0.1, 0.15) is 0 Å². The van der Waals surface area contributed by atoms with E-state index < -0.39 is 8.07 Å². The van der Waals surface area contributed by atoms with E-state index in [1.807, 2.05) is 6.20 Å². The van der Waals surface area contributed by atoms with Gasteiger partial charge in [-0.25, -0.2) is 4.98 Å². The van der Waals surface area contributed by atoms with Gasteiger partial charge in [0.1, 0.15) is 5.65 Å². The molecular weight excluding hydrogens is 471 g/mol. The molecule has 2 heterocycles. The fourth-order valence-electron chi connectivity index (χ4n) is 1.41. The van der Waals surface area contributed by atoms with E-state index in [2.05, 4.69) is 68.1 Å². The lowest BCUT2D eigenvalue weighted by atomic mass is 10.3. The highest BCUT2D eigenvalue weighted by Crippen LogP contribution is 2.31. The van der Waals surface area contributed by atoms with Crippen molar-refractivity contribution in [3.8, 4) is 0 Å². The minimum atomic E-state index is -0.803. The number of ether oxygens (including phenoxy) is 1. The molecule has 0 radical (unpaired) electrons. The van der Waals surface area contributed by atoms with Crippen molar-refractivity contribution in [1.29, 1.82) is 0 Å². The molecule has 0 aliphatic heterocycles. The van der Waals surface area contributed by atoms with Gasteiger partial charge in [0.25, 0.3) is 0 Å². The molecule has 1 N–H and O–H groups in total. The molecule has 0 aliphatic carbocycles. The van der Waals surface area contributed by atoms with Gasteiger partial charge in [0.15, 0.2) is 0 Å². The summed E-state index contributed by atoms with van der Waals surface area (Å²) in [5.74, 6) is 0. The molecule has 0 atom stereocenters. The lowest BCUT2D eigenvalue weighted by molar-refractivity contribution is 0.214. The summed E-state index contributed by atoms with van der Waals surface area (Å²) in [5.41, 5.74) is 0.826. The number of methoxy groups -OCH3 is 1. The Morgan fingerprint density at radius 1 is 1.45 bits per heavy atom. The van der Waals surface area contributed by atoms with Gasteiger partial charge in [0.2, 0.25) is 0 Å². The maximum atomic E-state index is 6.06. The van der Waals surface area contributed by atoms with E-state index in [-0.39, 0.29) is 0 Å². The summed E-state index contributed by atoms with van der Waals surface area (Å²) in [6.45, 7) is 8.00. The van der Waals surface area contributed by atoms with E-state index in [9.17, 15) is 0 Å². The van der Waals surface area contributed by atoms with Crippen molar-refractivity contribution in [2.75, 3.05) is 13.7 Å². The number of nitrogens with one attached hydrogen (secondary N) is 1. The highest BCUT2D eigenvalue weighted by molar-refractivity contribution is 14.1. The number of aromatic nitrogens is 2. The van der Waals surface area contributed by atoms with E-state index in [0.29, 0.717) is 5.02 Å². The molecule has 0 aromatic carbocycles. The Balaban J connectivity index is 0.000000221. The fraction of sp³-hybridized carbons (Fsp3) is 0.462. The molecule has 112 valence electrons. The molecule has 7 heteroatoms. The third kappa shape index (κ3) is 5.63. The number of rotatable bonds is 3. The van der Waals surface area contributed by atoms with Crippen LogP contribution >= 0.6 is 50.1 Å². The van der Waals surface area contributed by atoms with Crippen LogP contribution in [-0.2, 0) is 4.74 Å². The Kier molecular flexibility index (Phi) is 7.48. The molecule has 0 aliphatic rings. The average molecular weight is 490 g/mol. The zero-order chi connectivity index (χ0) is 15.3. The van der Waals surface area contributed by atoms with Gasteiger partial charge in [-0.05, 0) is 44.6 Å². The van der Waals surface area contributed by atoms with Crippen LogP contribution in [0.2, 0.25) is 30.7 Å². The lowest BCUT2D eigenvalue weighted by Gasteiger charge is -2.13. The summed E-state index contributed by atoms with van der Waals surface area (Å²) >= 11 is 11.6. The first-order chi connectivity index (χ1) is 9.26. The molecule has 0 saturated carbocycles. The Bertz CT molecular complexity index is 571. The van der Waals surface area contributed by atoms with E-state index in [4.69, 9.17) is 16.3 Å². The van der Waals surface area contributed by atoms with Crippen molar-refractivity contribution in [1.82, 2.24) is 9.97 Å². The predicted octanol–water partition coefficient (Wildman–Crippen LogP) is 5.55. The van der Waals surface area contributed by atoms with Gasteiger partial charge in [0, 0.05) is 37.8 Å². The number of halogens is 3. The first-order valence-electron chi connectivity index (χ1n) is 6.22. The van der Waals surface area contributed by atoms with Crippen LogP contribution in [0, 0.1) is 3.57 Å². The van der Waals surface area contributed by atoms with Gasteiger partial charge in [-0.2, -0.15) is 0 Å². The van der Waals surface area contributed by atoms with Gasteiger partial charge in [-0.15, -0.1) is 0 Å². The maximum Gasteiger partial charge on any atom is 0.139 e. The fourth-order valence-corrected chi connectivity index (χ4v) is 3.60. The summed E-state index contributed by atoms with van der Waals surface area (Å²) in [6, 6.07) is 1.28. The molecule has 20 heavy (non-hydrogen) atoms. The molecule has 0 unspecified atom stereocenters. The minimum absolute atomic E-state index is 0.714. The number of aromatic amines is 1. The Morgan fingerprint density at radius 2 is 2.10 bits per heavy atom. The smallest absolute Gasteiger partial charge is 0.139 e. The molecule has 2 aromatic rings. The predicted molar refractivity (Wildman–Crippen MR) is 102 cm³/mol. The molecule has 0 fully saturated rings. The number of hydrogen-bond acceptors (Lipinski definition) is 2. The molecule has 2 aromatic heterocycles. The monoisotopic (exact) mass is 488 g/mol. The third-order valence-corrected chi connectivity index (χ3v) is 6.38. The van der Waals surface area contributed by atoms with Crippen LogP contribution in [0.5, 0.6) is 0 Å². The normalized spacial score (nSPS) is 11.3. The van der Waals surface area contributed by atoms with Crippen LogP contribution in [0.4, 0.5) is 0 Å².